The molecular weight excluding hydrogens is 268 g/mol. The van der Waals surface area contributed by atoms with Gasteiger partial charge in [-0.15, -0.1) is 0 Å². The van der Waals surface area contributed by atoms with E-state index < -0.39 is 5.41 Å². The van der Waals surface area contributed by atoms with Crippen LogP contribution < -0.4 is 14.8 Å². The Labute approximate surface area is 124 Å². The molecule has 5 heteroatoms. The molecule has 0 atom stereocenters. The van der Waals surface area contributed by atoms with Gasteiger partial charge in [0.1, 0.15) is 16.9 Å². The minimum absolute atomic E-state index is 0.194. The molecule has 5 nitrogen and oxygen atoms in total. The maximum Gasteiger partial charge on any atom is 0.240 e. The normalized spacial score (nSPS) is 23.6. The number of carbonyl (C=O) groups excluding carboxylic acids is 1. The summed E-state index contributed by atoms with van der Waals surface area (Å²) in [5.74, 6) is 1.60. The number of amides is 1. The molecule has 0 heterocycles. The number of rotatable bonds is 5. The molecule has 0 spiro atoms. The molecule has 1 N–H and O–H groups in total. The molecule has 21 heavy (non-hydrogen) atoms. The summed E-state index contributed by atoms with van der Waals surface area (Å²) in [5, 5.41) is 12.1. The Kier molecular flexibility index (Phi) is 4.37. The largest absolute Gasteiger partial charge is 0.497 e. The van der Waals surface area contributed by atoms with Crippen molar-refractivity contribution >= 4 is 5.91 Å². The van der Waals surface area contributed by atoms with Gasteiger partial charge in [-0.1, -0.05) is 6.92 Å². The predicted molar refractivity (Wildman–Crippen MR) is 77.8 cm³/mol. The molecule has 1 amide bonds. The van der Waals surface area contributed by atoms with Crippen molar-refractivity contribution in [2.45, 2.75) is 26.3 Å². The zero-order chi connectivity index (χ0) is 15.5. The highest BCUT2D eigenvalue weighted by Gasteiger charge is 2.48. The maximum absolute atomic E-state index is 12.2. The van der Waals surface area contributed by atoms with Crippen molar-refractivity contribution in [2.75, 3.05) is 14.2 Å². The minimum Gasteiger partial charge on any atom is -0.497 e. The van der Waals surface area contributed by atoms with E-state index in [-0.39, 0.29) is 5.91 Å². The van der Waals surface area contributed by atoms with Crippen LogP contribution in [-0.4, -0.2) is 20.1 Å². The number of nitriles is 1. The first-order valence-electron chi connectivity index (χ1n) is 6.95. The number of hydrogen-bond acceptors (Lipinski definition) is 4. The van der Waals surface area contributed by atoms with Crippen molar-refractivity contribution in [3.63, 3.8) is 0 Å². The third-order valence-electron chi connectivity index (χ3n) is 3.98. The van der Waals surface area contributed by atoms with E-state index in [9.17, 15) is 10.1 Å². The average molecular weight is 288 g/mol. The van der Waals surface area contributed by atoms with Crippen LogP contribution in [0.2, 0.25) is 0 Å². The van der Waals surface area contributed by atoms with Crippen molar-refractivity contribution in [3.05, 3.63) is 23.8 Å². The summed E-state index contributed by atoms with van der Waals surface area (Å²) in [6, 6.07) is 7.60. The van der Waals surface area contributed by atoms with Crippen molar-refractivity contribution in [2.24, 2.45) is 11.3 Å². The Morgan fingerprint density at radius 3 is 2.67 bits per heavy atom. The lowest BCUT2D eigenvalue weighted by Gasteiger charge is -2.39. The maximum atomic E-state index is 12.2. The Bertz CT molecular complexity index is 571. The molecule has 0 aliphatic heterocycles. The molecule has 2 rings (SSSR count). The SMILES string of the molecule is COc1ccc(CNC(=O)C2(C#N)CC(C)C2)c(OC)c1. The van der Waals surface area contributed by atoms with E-state index in [1.54, 1.807) is 20.3 Å². The van der Waals surface area contributed by atoms with Crippen LogP contribution in [0.5, 0.6) is 11.5 Å². The highest BCUT2D eigenvalue weighted by molar-refractivity contribution is 5.86. The molecule has 0 aromatic heterocycles. The van der Waals surface area contributed by atoms with Crippen molar-refractivity contribution in [1.29, 1.82) is 5.26 Å². The molecule has 0 bridgehead atoms. The molecule has 0 saturated heterocycles. The number of benzene rings is 1. The van der Waals surface area contributed by atoms with E-state index in [0.29, 0.717) is 36.8 Å². The number of ether oxygens (including phenoxy) is 2. The van der Waals surface area contributed by atoms with Crippen LogP contribution in [0.25, 0.3) is 0 Å². The first kappa shape index (κ1) is 15.2. The Morgan fingerprint density at radius 2 is 2.14 bits per heavy atom. The number of nitrogens with one attached hydrogen (secondary N) is 1. The van der Waals surface area contributed by atoms with Crippen LogP contribution in [0.4, 0.5) is 0 Å². The summed E-state index contributed by atoms with van der Waals surface area (Å²) in [4.78, 5) is 12.2. The smallest absolute Gasteiger partial charge is 0.240 e. The summed E-state index contributed by atoms with van der Waals surface area (Å²) in [6.07, 6.45) is 1.27. The lowest BCUT2D eigenvalue weighted by atomic mass is 9.63. The summed E-state index contributed by atoms with van der Waals surface area (Å²) < 4.78 is 10.4. The van der Waals surface area contributed by atoms with Crippen molar-refractivity contribution < 1.29 is 14.3 Å². The van der Waals surface area contributed by atoms with Gasteiger partial charge >= 0.3 is 0 Å². The van der Waals surface area contributed by atoms with Crippen LogP contribution in [0.15, 0.2) is 18.2 Å². The second kappa shape index (κ2) is 6.04. The number of nitrogens with zero attached hydrogens (tertiary/aromatic N) is 1. The third kappa shape index (κ3) is 2.94. The van der Waals surface area contributed by atoms with Gasteiger partial charge in [-0.05, 0) is 30.9 Å². The van der Waals surface area contributed by atoms with Gasteiger partial charge in [-0.25, -0.2) is 0 Å². The van der Waals surface area contributed by atoms with Crippen molar-refractivity contribution in [3.8, 4) is 17.6 Å². The Balaban J connectivity index is 2.03. The van der Waals surface area contributed by atoms with E-state index >= 15 is 0 Å². The highest BCUT2D eigenvalue weighted by atomic mass is 16.5. The zero-order valence-corrected chi connectivity index (χ0v) is 12.6. The molecule has 0 radical (unpaired) electrons. The first-order chi connectivity index (χ1) is 10.0. The van der Waals surface area contributed by atoms with Crippen LogP contribution in [-0.2, 0) is 11.3 Å². The third-order valence-corrected chi connectivity index (χ3v) is 3.98. The number of hydrogen-bond donors (Lipinski definition) is 1. The molecular formula is C16H20N2O3. The molecule has 1 saturated carbocycles. The lowest BCUT2D eigenvalue weighted by Crippen LogP contribution is -2.47. The second-order valence-electron chi connectivity index (χ2n) is 5.57. The topological polar surface area (TPSA) is 71.3 Å². The fourth-order valence-corrected chi connectivity index (χ4v) is 2.80. The molecule has 1 fully saturated rings. The molecule has 112 valence electrons. The standard InChI is InChI=1S/C16H20N2O3/c1-11-7-16(8-11,10-17)15(19)18-9-12-4-5-13(20-2)6-14(12)21-3/h4-6,11H,7-9H2,1-3H3,(H,18,19). The van der Waals surface area contributed by atoms with Crippen LogP contribution in [0.3, 0.4) is 0 Å². The quantitative estimate of drug-likeness (QED) is 0.902. The van der Waals surface area contributed by atoms with Gasteiger partial charge in [0.15, 0.2) is 0 Å². The molecule has 1 aromatic rings. The molecule has 0 unspecified atom stereocenters. The summed E-state index contributed by atoms with van der Waals surface area (Å²) in [7, 11) is 3.16. The monoisotopic (exact) mass is 288 g/mol. The molecule has 1 aliphatic carbocycles. The minimum atomic E-state index is -0.848. The Hall–Kier alpha value is -2.22. The second-order valence-corrected chi connectivity index (χ2v) is 5.57. The predicted octanol–water partition coefficient (Wildman–Crippen LogP) is 2.26. The van der Waals surface area contributed by atoms with Gasteiger partial charge in [0.25, 0.3) is 0 Å². The van der Waals surface area contributed by atoms with Gasteiger partial charge < -0.3 is 14.8 Å². The lowest BCUT2D eigenvalue weighted by molar-refractivity contribution is -0.134. The zero-order valence-electron chi connectivity index (χ0n) is 12.6. The van der Waals surface area contributed by atoms with Gasteiger partial charge in [-0.2, -0.15) is 5.26 Å². The van der Waals surface area contributed by atoms with E-state index in [1.807, 2.05) is 12.1 Å². The Morgan fingerprint density at radius 1 is 1.43 bits per heavy atom. The van der Waals surface area contributed by atoms with Gasteiger partial charge in [0.05, 0.1) is 20.3 Å². The van der Waals surface area contributed by atoms with Crippen LogP contribution >= 0.6 is 0 Å². The van der Waals surface area contributed by atoms with E-state index in [0.717, 1.165) is 5.56 Å². The fourth-order valence-electron chi connectivity index (χ4n) is 2.80. The highest BCUT2D eigenvalue weighted by Crippen LogP contribution is 2.45. The number of carbonyl (C=O) groups is 1. The van der Waals surface area contributed by atoms with E-state index in [2.05, 4.69) is 18.3 Å². The summed E-state index contributed by atoms with van der Waals surface area (Å²) in [5.41, 5.74) is 0.00571. The van der Waals surface area contributed by atoms with Crippen molar-refractivity contribution in [1.82, 2.24) is 5.32 Å². The fraction of sp³-hybridized carbons (Fsp3) is 0.500. The van der Waals surface area contributed by atoms with Gasteiger partial charge in [0, 0.05) is 18.2 Å². The van der Waals surface area contributed by atoms with Gasteiger partial charge in [-0.3, -0.25) is 4.79 Å². The van der Waals surface area contributed by atoms with E-state index in [1.165, 1.54) is 0 Å². The van der Waals surface area contributed by atoms with Crippen LogP contribution in [0, 0.1) is 22.7 Å². The summed E-state index contributed by atoms with van der Waals surface area (Å²) in [6.45, 7) is 2.39. The molecule has 1 aliphatic rings. The van der Waals surface area contributed by atoms with Gasteiger partial charge in [0.2, 0.25) is 5.91 Å². The molecule has 1 aromatic carbocycles. The number of methoxy groups -OCH3 is 2. The summed E-state index contributed by atoms with van der Waals surface area (Å²) >= 11 is 0. The van der Waals surface area contributed by atoms with E-state index in [4.69, 9.17) is 9.47 Å². The first-order valence-corrected chi connectivity index (χ1v) is 6.95. The van der Waals surface area contributed by atoms with Crippen LogP contribution in [0.1, 0.15) is 25.3 Å². The average Bonchev–Trinajstić information content (AvgIpc) is 2.48.